The summed E-state index contributed by atoms with van der Waals surface area (Å²) in [6, 6.07) is 5.27. The number of benzene rings is 1. The first-order valence-corrected chi connectivity index (χ1v) is 8.02. The van der Waals surface area contributed by atoms with Gasteiger partial charge in [0.25, 0.3) is 0 Å². The summed E-state index contributed by atoms with van der Waals surface area (Å²) in [6.07, 6.45) is 1.61. The van der Waals surface area contributed by atoms with E-state index < -0.39 is 0 Å². The summed E-state index contributed by atoms with van der Waals surface area (Å²) in [5, 5.41) is 0.556. The van der Waals surface area contributed by atoms with Gasteiger partial charge in [0.15, 0.2) is 0 Å². The van der Waals surface area contributed by atoms with Gasteiger partial charge in [0, 0.05) is 3.57 Å². The lowest BCUT2D eigenvalue weighted by Crippen LogP contribution is -2.34. The Balaban J connectivity index is 1.74. The highest BCUT2D eigenvalue weighted by atomic mass is 127. The zero-order valence-electron chi connectivity index (χ0n) is 10.4. The van der Waals surface area contributed by atoms with E-state index in [1.807, 2.05) is 6.07 Å². The molecule has 4 rings (SSSR count). The van der Waals surface area contributed by atoms with E-state index in [0.717, 1.165) is 16.4 Å². The number of carbonyl (C=O) groups excluding carboxylic acids is 2. The van der Waals surface area contributed by atoms with Crippen LogP contribution in [0.5, 0.6) is 0 Å². The first kappa shape index (κ1) is 13.0. The van der Waals surface area contributed by atoms with Gasteiger partial charge in [-0.1, -0.05) is 11.6 Å². The molecular formula is C14H11ClINO3. The van der Waals surface area contributed by atoms with Gasteiger partial charge in [-0.15, -0.1) is 0 Å². The van der Waals surface area contributed by atoms with Gasteiger partial charge in [0.05, 0.1) is 34.8 Å². The Morgan fingerprint density at radius 3 is 2.30 bits per heavy atom. The second-order valence-electron chi connectivity index (χ2n) is 5.45. The molecular weight excluding hydrogens is 393 g/mol. The van der Waals surface area contributed by atoms with Crippen molar-refractivity contribution < 1.29 is 14.3 Å². The van der Waals surface area contributed by atoms with Crippen LogP contribution in [0.3, 0.4) is 0 Å². The Kier molecular flexibility index (Phi) is 2.88. The van der Waals surface area contributed by atoms with Crippen molar-refractivity contribution >= 4 is 51.7 Å². The van der Waals surface area contributed by atoms with Crippen molar-refractivity contribution in [1.29, 1.82) is 0 Å². The SMILES string of the molecule is O=C1[C@@H]2C3CCC(O3)[C@@H]2C(=O)N1c1ccc(I)c(Cl)c1. The van der Waals surface area contributed by atoms with Crippen molar-refractivity contribution in [2.24, 2.45) is 11.8 Å². The lowest BCUT2D eigenvalue weighted by molar-refractivity contribution is -0.124. The minimum Gasteiger partial charge on any atom is -0.373 e. The number of hydrogen-bond acceptors (Lipinski definition) is 3. The summed E-state index contributed by atoms with van der Waals surface area (Å²) in [5.41, 5.74) is 0.569. The van der Waals surface area contributed by atoms with Crippen LogP contribution in [0.4, 0.5) is 5.69 Å². The maximum absolute atomic E-state index is 12.6. The highest BCUT2D eigenvalue weighted by molar-refractivity contribution is 14.1. The summed E-state index contributed by atoms with van der Waals surface area (Å²) >= 11 is 8.21. The average molecular weight is 404 g/mol. The molecule has 3 fully saturated rings. The number of amides is 2. The summed E-state index contributed by atoms with van der Waals surface area (Å²) in [7, 11) is 0. The minimum atomic E-state index is -0.292. The maximum Gasteiger partial charge on any atom is 0.240 e. The molecule has 20 heavy (non-hydrogen) atoms. The van der Waals surface area contributed by atoms with Crippen LogP contribution >= 0.6 is 34.2 Å². The highest BCUT2D eigenvalue weighted by Gasteiger charge is 2.62. The molecule has 1 aromatic carbocycles. The standard InChI is InChI=1S/C14H11ClINO3/c15-7-5-6(1-2-8(7)16)17-13(18)11-9-3-4-10(20-9)12(11)14(17)19/h1-2,5,9-12H,3-4H2/t9?,10?,11-,12+. The summed E-state index contributed by atoms with van der Waals surface area (Å²) in [6.45, 7) is 0. The third kappa shape index (κ3) is 1.63. The van der Waals surface area contributed by atoms with Crippen molar-refractivity contribution in [2.75, 3.05) is 4.90 Å². The molecule has 104 valence electrons. The van der Waals surface area contributed by atoms with E-state index in [2.05, 4.69) is 22.6 Å². The molecule has 0 aliphatic carbocycles. The molecule has 2 unspecified atom stereocenters. The molecule has 3 heterocycles. The number of nitrogens with zero attached hydrogens (tertiary/aromatic N) is 1. The molecule has 4 nitrogen and oxygen atoms in total. The van der Waals surface area contributed by atoms with E-state index in [1.165, 1.54) is 4.90 Å². The number of halogens is 2. The van der Waals surface area contributed by atoms with E-state index >= 15 is 0 Å². The number of imide groups is 1. The van der Waals surface area contributed by atoms with Gasteiger partial charge in [-0.05, 0) is 53.6 Å². The molecule has 3 saturated heterocycles. The molecule has 0 saturated carbocycles. The van der Waals surface area contributed by atoms with Crippen LogP contribution < -0.4 is 4.90 Å². The van der Waals surface area contributed by atoms with Crippen molar-refractivity contribution in [3.63, 3.8) is 0 Å². The van der Waals surface area contributed by atoms with E-state index in [1.54, 1.807) is 12.1 Å². The van der Waals surface area contributed by atoms with Crippen LogP contribution in [-0.2, 0) is 14.3 Å². The fraction of sp³-hybridized carbons (Fsp3) is 0.429. The Labute approximate surface area is 134 Å². The van der Waals surface area contributed by atoms with Crippen LogP contribution in [0.25, 0.3) is 0 Å². The van der Waals surface area contributed by atoms with Crippen LogP contribution in [0.2, 0.25) is 5.02 Å². The zero-order chi connectivity index (χ0) is 14.0. The number of fused-ring (bicyclic) bond motifs is 5. The molecule has 3 aliphatic heterocycles. The molecule has 0 N–H and O–H groups in total. The van der Waals surface area contributed by atoms with Crippen LogP contribution in [0.1, 0.15) is 12.8 Å². The summed E-state index contributed by atoms with van der Waals surface area (Å²) in [4.78, 5) is 26.4. The smallest absolute Gasteiger partial charge is 0.240 e. The molecule has 2 bridgehead atoms. The van der Waals surface area contributed by atoms with E-state index in [9.17, 15) is 9.59 Å². The van der Waals surface area contributed by atoms with Crippen molar-refractivity contribution in [2.45, 2.75) is 25.0 Å². The quantitative estimate of drug-likeness (QED) is 0.535. The summed E-state index contributed by atoms with van der Waals surface area (Å²) < 4.78 is 6.61. The highest BCUT2D eigenvalue weighted by Crippen LogP contribution is 2.49. The molecule has 0 aromatic heterocycles. The van der Waals surface area contributed by atoms with Crippen molar-refractivity contribution in [3.8, 4) is 0 Å². The van der Waals surface area contributed by atoms with E-state index in [4.69, 9.17) is 16.3 Å². The largest absolute Gasteiger partial charge is 0.373 e. The molecule has 6 heteroatoms. The zero-order valence-corrected chi connectivity index (χ0v) is 13.3. The fourth-order valence-electron chi connectivity index (χ4n) is 3.59. The Morgan fingerprint density at radius 2 is 1.75 bits per heavy atom. The normalized spacial score (nSPS) is 35.0. The van der Waals surface area contributed by atoms with Gasteiger partial charge >= 0.3 is 0 Å². The number of anilines is 1. The predicted molar refractivity (Wildman–Crippen MR) is 81.5 cm³/mol. The van der Waals surface area contributed by atoms with Crippen LogP contribution in [0.15, 0.2) is 18.2 Å². The van der Waals surface area contributed by atoms with Crippen LogP contribution in [-0.4, -0.2) is 24.0 Å². The first-order chi connectivity index (χ1) is 9.58. The van der Waals surface area contributed by atoms with E-state index in [-0.39, 0.29) is 35.9 Å². The van der Waals surface area contributed by atoms with Gasteiger partial charge < -0.3 is 4.74 Å². The van der Waals surface area contributed by atoms with Gasteiger partial charge in [0.2, 0.25) is 11.8 Å². The first-order valence-electron chi connectivity index (χ1n) is 6.56. The topological polar surface area (TPSA) is 46.6 Å². The lowest BCUT2D eigenvalue weighted by atomic mass is 9.81. The minimum absolute atomic E-state index is 0.0780. The average Bonchev–Trinajstić information content (AvgIpc) is 3.08. The van der Waals surface area contributed by atoms with Crippen molar-refractivity contribution in [3.05, 3.63) is 26.8 Å². The number of hydrogen-bond donors (Lipinski definition) is 0. The summed E-state index contributed by atoms with van der Waals surface area (Å²) in [5.74, 6) is -0.854. The Bertz CT molecular complexity index is 607. The predicted octanol–water partition coefficient (Wildman–Crippen LogP) is 2.61. The monoisotopic (exact) mass is 403 g/mol. The van der Waals surface area contributed by atoms with Crippen molar-refractivity contribution in [1.82, 2.24) is 0 Å². The van der Waals surface area contributed by atoms with E-state index in [0.29, 0.717) is 10.7 Å². The number of carbonyl (C=O) groups is 2. The van der Waals surface area contributed by atoms with Gasteiger partial charge in [0.1, 0.15) is 0 Å². The Hall–Kier alpha value is -0.660. The lowest BCUT2D eigenvalue weighted by Gasteiger charge is -2.18. The molecule has 2 amide bonds. The molecule has 1 aromatic rings. The molecule has 4 atom stereocenters. The number of rotatable bonds is 1. The van der Waals surface area contributed by atoms with Gasteiger partial charge in [-0.3, -0.25) is 9.59 Å². The second kappa shape index (κ2) is 4.42. The molecule has 3 aliphatic rings. The fourth-order valence-corrected chi connectivity index (χ4v) is 4.10. The molecule has 0 spiro atoms. The van der Waals surface area contributed by atoms with Crippen LogP contribution in [0, 0.1) is 15.4 Å². The third-order valence-corrected chi connectivity index (χ3v) is 6.02. The second-order valence-corrected chi connectivity index (χ2v) is 7.02. The maximum atomic E-state index is 12.6. The third-order valence-electron chi connectivity index (χ3n) is 4.45. The van der Waals surface area contributed by atoms with Gasteiger partial charge in [-0.2, -0.15) is 0 Å². The number of ether oxygens (including phenoxy) is 1. The Morgan fingerprint density at radius 1 is 1.15 bits per heavy atom. The van der Waals surface area contributed by atoms with Gasteiger partial charge in [-0.25, -0.2) is 4.90 Å². The molecule has 0 radical (unpaired) electrons.